The topological polar surface area (TPSA) is 97.3 Å². The highest BCUT2D eigenvalue weighted by Crippen LogP contribution is 2.30. The van der Waals surface area contributed by atoms with E-state index in [0.29, 0.717) is 36.1 Å². The van der Waals surface area contributed by atoms with Crippen LogP contribution in [0.15, 0.2) is 52.0 Å². The number of benzene rings is 2. The second-order valence-corrected chi connectivity index (χ2v) is 9.16. The highest BCUT2D eigenvalue weighted by atomic mass is 79.9. The Balaban J connectivity index is 1.70. The summed E-state index contributed by atoms with van der Waals surface area (Å²) in [4.78, 5) is 12.3. The fourth-order valence-corrected chi connectivity index (χ4v) is 3.77. The SMILES string of the molecule is C/C(=N/NC(=O)CN(c1ccc(Br)cc1)S(C)(=O)=O)c1ccc2c(c1)OCCO2. The summed E-state index contributed by atoms with van der Waals surface area (Å²) in [5.74, 6) is 0.721. The molecule has 2 aromatic rings. The number of amides is 1. The first-order valence-corrected chi connectivity index (χ1v) is 11.3. The average molecular weight is 482 g/mol. The zero-order valence-corrected chi connectivity index (χ0v) is 18.3. The number of rotatable bonds is 6. The lowest BCUT2D eigenvalue weighted by Gasteiger charge is -2.21. The zero-order valence-electron chi connectivity index (χ0n) is 15.9. The number of nitrogens with one attached hydrogen (secondary N) is 1. The van der Waals surface area contributed by atoms with Crippen molar-refractivity contribution in [3.8, 4) is 11.5 Å². The van der Waals surface area contributed by atoms with E-state index in [2.05, 4.69) is 26.5 Å². The Hall–Kier alpha value is -2.59. The monoisotopic (exact) mass is 481 g/mol. The molecule has 0 bridgehead atoms. The lowest BCUT2D eigenvalue weighted by molar-refractivity contribution is -0.119. The number of hydrazone groups is 1. The molecule has 1 aliphatic rings. The molecule has 0 saturated carbocycles. The first kappa shape index (κ1) is 21.1. The fraction of sp³-hybridized carbons (Fsp3) is 0.263. The van der Waals surface area contributed by atoms with Crippen LogP contribution in [0.5, 0.6) is 11.5 Å². The van der Waals surface area contributed by atoms with Crippen molar-refractivity contribution in [3.63, 3.8) is 0 Å². The van der Waals surface area contributed by atoms with E-state index in [-0.39, 0.29) is 0 Å². The summed E-state index contributed by atoms with van der Waals surface area (Å²) in [6.45, 7) is 2.32. The van der Waals surface area contributed by atoms with Crippen LogP contribution in [-0.2, 0) is 14.8 Å². The third-order valence-electron chi connectivity index (χ3n) is 4.11. The summed E-state index contributed by atoms with van der Waals surface area (Å²) in [5.41, 5.74) is 4.09. The number of ether oxygens (including phenoxy) is 2. The highest BCUT2D eigenvalue weighted by molar-refractivity contribution is 9.10. The fourth-order valence-electron chi connectivity index (χ4n) is 2.65. The van der Waals surface area contributed by atoms with Crippen molar-refractivity contribution in [2.45, 2.75) is 6.92 Å². The Labute approximate surface area is 177 Å². The Morgan fingerprint density at radius 3 is 2.45 bits per heavy atom. The molecule has 0 unspecified atom stereocenters. The summed E-state index contributed by atoms with van der Waals surface area (Å²) >= 11 is 3.30. The van der Waals surface area contributed by atoms with Gasteiger partial charge < -0.3 is 9.47 Å². The molecule has 8 nitrogen and oxygen atoms in total. The van der Waals surface area contributed by atoms with Gasteiger partial charge in [0.25, 0.3) is 5.91 Å². The van der Waals surface area contributed by atoms with Gasteiger partial charge >= 0.3 is 0 Å². The van der Waals surface area contributed by atoms with Crippen LogP contribution in [0.2, 0.25) is 0 Å². The first-order valence-electron chi connectivity index (χ1n) is 8.70. The maximum atomic E-state index is 12.3. The van der Waals surface area contributed by atoms with E-state index < -0.39 is 22.5 Å². The number of anilines is 1. The molecule has 0 fully saturated rings. The van der Waals surface area contributed by atoms with E-state index in [9.17, 15) is 13.2 Å². The van der Waals surface area contributed by atoms with Gasteiger partial charge in [-0.3, -0.25) is 9.10 Å². The van der Waals surface area contributed by atoms with Crippen LogP contribution in [0.1, 0.15) is 12.5 Å². The number of sulfonamides is 1. The normalized spacial score (nSPS) is 13.7. The minimum Gasteiger partial charge on any atom is -0.486 e. The van der Waals surface area contributed by atoms with E-state index in [0.717, 1.165) is 20.6 Å². The van der Waals surface area contributed by atoms with Crippen LogP contribution in [0, 0.1) is 0 Å². The van der Waals surface area contributed by atoms with Gasteiger partial charge in [0.1, 0.15) is 19.8 Å². The van der Waals surface area contributed by atoms with Crippen molar-refractivity contribution in [1.82, 2.24) is 5.43 Å². The number of hydrogen-bond donors (Lipinski definition) is 1. The van der Waals surface area contributed by atoms with Gasteiger partial charge in [-0.1, -0.05) is 15.9 Å². The summed E-state index contributed by atoms with van der Waals surface area (Å²) in [6.07, 6.45) is 1.05. The molecule has 29 heavy (non-hydrogen) atoms. The van der Waals surface area contributed by atoms with Crippen molar-refractivity contribution in [3.05, 3.63) is 52.5 Å². The van der Waals surface area contributed by atoms with E-state index in [4.69, 9.17) is 9.47 Å². The van der Waals surface area contributed by atoms with Crippen LogP contribution >= 0.6 is 15.9 Å². The average Bonchev–Trinajstić information content (AvgIpc) is 2.70. The van der Waals surface area contributed by atoms with Crippen LogP contribution < -0.4 is 19.2 Å². The van der Waals surface area contributed by atoms with Crippen LogP contribution in [0.25, 0.3) is 0 Å². The van der Waals surface area contributed by atoms with Gasteiger partial charge in [-0.05, 0) is 49.4 Å². The molecule has 0 spiro atoms. The highest BCUT2D eigenvalue weighted by Gasteiger charge is 2.21. The smallest absolute Gasteiger partial charge is 0.260 e. The number of fused-ring (bicyclic) bond motifs is 1. The van der Waals surface area contributed by atoms with Crippen molar-refractivity contribution in [2.75, 3.05) is 30.3 Å². The van der Waals surface area contributed by atoms with Gasteiger partial charge in [-0.2, -0.15) is 5.10 Å². The molecular formula is C19H20BrN3O5S. The third kappa shape index (κ3) is 5.48. The summed E-state index contributed by atoms with van der Waals surface area (Å²) in [6, 6.07) is 12.0. The van der Waals surface area contributed by atoms with Gasteiger partial charge in [0.05, 0.1) is 17.7 Å². The largest absolute Gasteiger partial charge is 0.486 e. The minimum absolute atomic E-state index is 0.387. The van der Waals surface area contributed by atoms with Crippen LogP contribution in [0.3, 0.4) is 0 Å². The Bertz CT molecular complexity index is 1040. The van der Waals surface area contributed by atoms with Crippen molar-refractivity contribution >= 4 is 43.3 Å². The number of halogens is 1. The van der Waals surface area contributed by atoms with Crippen LogP contribution in [0.4, 0.5) is 5.69 Å². The quantitative estimate of drug-likeness (QED) is 0.504. The summed E-state index contributed by atoms with van der Waals surface area (Å²) in [7, 11) is -3.65. The number of carbonyl (C=O) groups is 1. The third-order valence-corrected chi connectivity index (χ3v) is 5.78. The molecule has 1 N–H and O–H groups in total. The Kier molecular flexibility index (Phi) is 6.43. The molecule has 2 aromatic carbocycles. The van der Waals surface area contributed by atoms with E-state index in [1.807, 2.05) is 6.07 Å². The molecule has 3 rings (SSSR count). The predicted octanol–water partition coefficient (Wildman–Crippen LogP) is 2.53. The molecule has 0 aromatic heterocycles. The Morgan fingerprint density at radius 2 is 1.79 bits per heavy atom. The van der Waals surface area contributed by atoms with E-state index >= 15 is 0 Å². The van der Waals surface area contributed by atoms with Gasteiger partial charge in [0.15, 0.2) is 11.5 Å². The zero-order chi connectivity index (χ0) is 21.0. The second-order valence-electron chi connectivity index (χ2n) is 6.34. The molecule has 1 amide bonds. The minimum atomic E-state index is -3.65. The van der Waals surface area contributed by atoms with Gasteiger partial charge in [-0.15, -0.1) is 0 Å². The molecule has 0 atom stereocenters. The molecule has 154 valence electrons. The van der Waals surface area contributed by atoms with E-state index in [1.165, 1.54) is 0 Å². The molecule has 0 aliphatic carbocycles. The molecular weight excluding hydrogens is 462 g/mol. The predicted molar refractivity (Wildman–Crippen MR) is 114 cm³/mol. The number of hydrogen-bond acceptors (Lipinski definition) is 6. The summed E-state index contributed by atoms with van der Waals surface area (Å²) < 4.78 is 37.1. The summed E-state index contributed by atoms with van der Waals surface area (Å²) in [5, 5.41) is 4.08. The molecule has 1 aliphatic heterocycles. The second kappa shape index (κ2) is 8.83. The molecule has 10 heteroatoms. The van der Waals surface area contributed by atoms with Crippen molar-refractivity contribution < 1.29 is 22.7 Å². The Morgan fingerprint density at radius 1 is 1.14 bits per heavy atom. The maximum Gasteiger partial charge on any atom is 0.260 e. The number of nitrogens with zero attached hydrogens (tertiary/aromatic N) is 2. The molecule has 0 radical (unpaired) electrons. The van der Waals surface area contributed by atoms with Gasteiger partial charge in [-0.25, -0.2) is 13.8 Å². The van der Waals surface area contributed by atoms with Crippen molar-refractivity contribution in [2.24, 2.45) is 5.10 Å². The standard InChI is InChI=1S/C19H20BrN3O5S/c1-13(14-3-8-17-18(11-14)28-10-9-27-17)21-22-19(24)12-23(29(2,25)26)16-6-4-15(20)5-7-16/h3-8,11H,9-10,12H2,1-2H3,(H,22,24)/b21-13-. The number of carbonyl (C=O) groups excluding carboxylic acids is 1. The lowest BCUT2D eigenvalue weighted by atomic mass is 10.1. The van der Waals surface area contributed by atoms with E-state index in [1.54, 1.807) is 43.3 Å². The maximum absolute atomic E-state index is 12.3. The molecule has 1 heterocycles. The molecule has 0 saturated heterocycles. The van der Waals surface area contributed by atoms with Gasteiger partial charge in [0.2, 0.25) is 10.0 Å². The van der Waals surface area contributed by atoms with Gasteiger partial charge in [0, 0.05) is 10.0 Å². The first-order chi connectivity index (χ1) is 13.7. The van der Waals surface area contributed by atoms with Crippen molar-refractivity contribution in [1.29, 1.82) is 0 Å². The lowest BCUT2D eigenvalue weighted by Crippen LogP contribution is -2.39. The van der Waals surface area contributed by atoms with Crippen LogP contribution in [-0.4, -0.2) is 46.1 Å².